The van der Waals surface area contributed by atoms with Gasteiger partial charge in [-0.25, -0.2) is 9.97 Å². The van der Waals surface area contributed by atoms with Gasteiger partial charge in [0.05, 0.1) is 24.1 Å². The van der Waals surface area contributed by atoms with Gasteiger partial charge in [0.25, 0.3) is 0 Å². The smallest absolute Gasteiger partial charge is 0.225 e. The van der Waals surface area contributed by atoms with Crippen molar-refractivity contribution in [2.75, 3.05) is 19.0 Å². The minimum Gasteiger partial charge on any atom is -0.480 e. The fourth-order valence-electron chi connectivity index (χ4n) is 4.31. The quantitative estimate of drug-likeness (QED) is 0.343. The molecule has 0 unspecified atom stereocenters. The SMILES string of the molecule is COc1ncnc2c1ccn2[C@H]1C[C@H](OC(C)(C)O)[C@@H](CNc2ccc3cc(Br)cnc3c2)O1. The van der Waals surface area contributed by atoms with E-state index >= 15 is 0 Å². The van der Waals surface area contributed by atoms with Crippen LogP contribution in [0.3, 0.4) is 0 Å². The van der Waals surface area contributed by atoms with E-state index in [1.807, 2.05) is 41.1 Å². The topological polar surface area (TPSA) is 104 Å². The van der Waals surface area contributed by atoms with Gasteiger partial charge in [-0.05, 0) is 54.0 Å². The summed E-state index contributed by atoms with van der Waals surface area (Å²) in [7, 11) is 1.58. The Hall–Kier alpha value is -2.79. The minimum atomic E-state index is -1.29. The normalized spacial score (nSPS) is 20.8. The molecule has 1 aliphatic heterocycles. The van der Waals surface area contributed by atoms with Gasteiger partial charge >= 0.3 is 0 Å². The highest BCUT2D eigenvalue weighted by Crippen LogP contribution is 2.36. The second-order valence-corrected chi connectivity index (χ2v) is 9.67. The van der Waals surface area contributed by atoms with Crippen molar-refractivity contribution in [3.05, 3.63) is 53.5 Å². The van der Waals surface area contributed by atoms with E-state index in [4.69, 9.17) is 14.2 Å². The molecule has 0 radical (unpaired) electrons. The van der Waals surface area contributed by atoms with E-state index in [1.54, 1.807) is 27.2 Å². The van der Waals surface area contributed by atoms with Crippen LogP contribution < -0.4 is 10.1 Å². The third-order valence-electron chi connectivity index (χ3n) is 5.75. The Labute approximate surface area is 205 Å². The number of anilines is 1. The molecule has 3 aromatic heterocycles. The van der Waals surface area contributed by atoms with Gasteiger partial charge in [-0.2, -0.15) is 0 Å². The summed E-state index contributed by atoms with van der Waals surface area (Å²) in [5.41, 5.74) is 2.55. The molecule has 3 atom stereocenters. The zero-order chi connectivity index (χ0) is 23.9. The first-order valence-electron chi connectivity index (χ1n) is 11.0. The molecule has 1 aliphatic rings. The molecule has 0 spiro atoms. The van der Waals surface area contributed by atoms with Gasteiger partial charge in [-0.15, -0.1) is 0 Å². The van der Waals surface area contributed by atoms with E-state index in [-0.39, 0.29) is 18.4 Å². The molecule has 1 saturated heterocycles. The Balaban J connectivity index is 1.36. The molecule has 2 N–H and O–H groups in total. The van der Waals surface area contributed by atoms with Gasteiger partial charge in [-0.1, -0.05) is 6.07 Å². The number of rotatable bonds is 7. The Morgan fingerprint density at radius 2 is 2.09 bits per heavy atom. The summed E-state index contributed by atoms with van der Waals surface area (Å²) in [5, 5.41) is 15.6. The second-order valence-electron chi connectivity index (χ2n) is 8.75. The number of halogens is 1. The van der Waals surface area contributed by atoms with Gasteiger partial charge in [0.2, 0.25) is 5.88 Å². The molecule has 34 heavy (non-hydrogen) atoms. The number of hydrogen-bond donors (Lipinski definition) is 2. The van der Waals surface area contributed by atoms with Crippen molar-refractivity contribution in [1.29, 1.82) is 0 Å². The Morgan fingerprint density at radius 1 is 1.24 bits per heavy atom. The summed E-state index contributed by atoms with van der Waals surface area (Å²) in [4.78, 5) is 13.1. The molecule has 4 heterocycles. The van der Waals surface area contributed by atoms with Crippen molar-refractivity contribution in [2.24, 2.45) is 0 Å². The third kappa shape index (κ3) is 4.72. The molecular formula is C24H26BrN5O4. The maximum absolute atomic E-state index is 10.3. The fourth-order valence-corrected chi connectivity index (χ4v) is 4.66. The molecule has 9 nitrogen and oxygen atoms in total. The number of pyridine rings is 1. The van der Waals surface area contributed by atoms with Crippen LogP contribution in [0.1, 0.15) is 26.5 Å². The summed E-state index contributed by atoms with van der Waals surface area (Å²) in [6.07, 6.45) is 4.79. The minimum absolute atomic E-state index is 0.300. The van der Waals surface area contributed by atoms with Crippen molar-refractivity contribution in [3.63, 3.8) is 0 Å². The number of nitrogens with one attached hydrogen (secondary N) is 1. The van der Waals surface area contributed by atoms with Crippen LogP contribution >= 0.6 is 15.9 Å². The van der Waals surface area contributed by atoms with Crippen molar-refractivity contribution in [1.82, 2.24) is 19.5 Å². The van der Waals surface area contributed by atoms with Gasteiger partial charge < -0.3 is 29.2 Å². The maximum Gasteiger partial charge on any atom is 0.225 e. The number of hydrogen-bond acceptors (Lipinski definition) is 8. The van der Waals surface area contributed by atoms with E-state index in [1.165, 1.54) is 6.33 Å². The van der Waals surface area contributed by atoms with Gasteiger partial charge in [0, 0.05) is 40.9 Å². The molecule has 1 fully saturated rings. The Bertz CT molecular complexity index is 1320. The molecule has 0 amide bonds. The van der Waals surface area contributed by atoms with E-state index in [0.717, 1.165) is 32.1 Å². The average Bonchev–Trinajstić information content (AvgIpc) is 3.40. The van der Waals surface area contributed by atoms with Gasteiger partial charge in [0.1, 0.15) is 24.3 Å². The Kier molecular flexibility index (Phi) is 6.15. The molecule has 0 saturated carbocycles. The number of benzene rings is 1. The highest BCUT2D eigenvalue weighted by Gasteiger charge is 2.40. The molecule has 4 aromatic rings. The zero-order valence-electron chi connectivity index (χ0n) is 19.1. The molecular weight excluding hydrogens is 502 g/mol. The predicted octanol–water partition coefficient (Wildman–Crippen LogP) is 4.26. The molecule has 1 aromatic carbocycles. The van der Waals surface area contributed by atoms with Crippen molar-refractivity contribution in [2.45, 2.75) is 44.5 Å². The lowest BCUT2D eigenvalue weighted by Gasteiger charge is -2.26. The van der Waals surface area contributed by atoms with Crippen LogP contribution in [0.25, 0.3) is 21.9 Å². The Morgan fingerprint density at radius 3 is 2.88 bits per heavy atom. The molecule has 0 aliphatic carbocycles. The third-order valence-corrected chi connectivity index (χ3v) is 6.19. The zero-order valence-corrected chi connectivity index (χ0v) is 20.7. The summed E-state index contributed by atoms with van der Waals surface area (Å²) >= 11 is 3.46. The first-order chi connectivity index (χ1) is 16.3. The summed E-state index contributed by atoms with van der Waals surface area (Å²) < 4.78 is 20.6. The van der Waals surface area contributed by atoms with Crippen molar-refractivity contribution in [3.8, 4) is 5.88 Å². The van der Waals surface area contributed by atoms with Crippen LogP contribution in [0, 0.1) is 0 Å². The lowest BCUT2D eigenvalue weighted by Crippen LogP contribution is -2.38. The average molecular weight is 528 g/mol. The number of aromatic nitrogens is 4. The van der Waals surface area contributed by atoms with Crippen LogP contribution in [0.15, 0.2) is 53.5 Å². The predicted molar refractivity (Wildman–Crippen MR) is 132 cm³/mol. The molecule has 5 rings (SSSR count). The van der Waals surface area contributed by atoms with Crippen LogP contribution in [0.4, 0.5) is 5.69 Å². The van der Waals surface area contributed by atoms with Crippen LogP contribution in [0.5, 0.6) is 5.88 Å². The van der Waals surface area contributed by atoms with E-state index < -0.39 is 5.79 Å². The van der Waals surface area contributed by atoms with Gasteiger partial charge in [-0.3, -0.25) is 4.98 Å². The lowest BCUT2D eigenvalue weighted by atomic mass is 10.1. The number of aliphatic hydroxyl groups is 1. The van der Waals surface area contributed by atoms with Crippen LogP contribution in [-0.2, 0) is 9.47 Å². The van der Waals surface area contributed by atoms with E-state index in [2.05, 4.69) is 36.2 Å². The number of methoxy groups -OCH3 is 1. The summed E-state index contributed by atoms with van der Waals surface area (Å²) in [5.74, 6) is -0.771. The van der Waals surface area contributed by atoms with Crippen molar-refractivity contribution < 1.29 is 19.3 Å². The fraction of sp³-hybridized carbons (Fsp3) is 0.375. The number of fused-ring (bicyclic) bond motifs is 2. The highest BCUT2D eigenvalue weighted by atomic mass is 79.9. The van der Waals surface area contributed by atoms with E-state index in [0.29, 0.717) is 18.8 Å². The van der Waals surface area contributed by atoms with Gasteiger partial charge in [0.15, 0.2) is 5.79 Å². The summed E-state index contributed by atoms with van der Waals surface area (Å²) in [6, 6.07) is 9.98. The van der Waals surface area contributed by atoms with Crippen LogP contribution in [-0.4, -0.2) is 56.3 Å². The highest BCUT2D eigenvalue weighted by molar-refractivity contribution is 9.10. The number of nitrogens with zero attached hydrogens (tertiary/aromatic N) is 4. The first kappa shape index (κ1) is 23.0. The molecule has 10 heteroatoms. The maximum atomic E-state index is 10.3. The van der Waals surface area contributed by atoms with Crippen LogP contribution in [0.2, 0.25) is 0 Å². The first-order valence-corrected chi connectivity index (χ1v) is 11.8. The van der Waals surface area contributed by atoms with E-state index in [9.17, 15) is 5.11 Å². The largest absolute Gasteiger partial charge is 0.480 e. The van der Waals surface area contributed by atoms with Crippen molar-refractivity contribution >= 4 is 43.6 Å². The molecule has 0 bridgehead atoms. The monoisotopic (exact) mass is 527 g/mol. The summed E-state index contributed by atoms with van der Waals surface area (Å²) in [6.45, 7) is 3.75. The lowest BCUT2D eigenvalue weighted by molar-refractivity contribution is -0.213. The standard InChI is InChI=1S/C24H26BrN5O4/c1-24(2,31)34-19-10-21(30-7-6-17-22(30)28-13-29-23(17)32-3)33-20(19)12-26-16-5-4-14-8-15(25)11-27-18(14)9-16/h4-9,11,13,19-21,26,31H,10,12H2,1-3H3/t19-,20+,21+/m0/s1. The number of ether oxygens (including phenoxy) is 3. The second kappa shape index (κ2) is 9.10. The molecule has 178 valence electrons.